The highest BCUT2D eigenvalue weighted by molar-refractivity contribution is 6.30. The predicted octanol–water partition coefficient (Wildman–Crippen LogP) is 5.73. The molecule has 0 unspecified atom stereocenters. The Morgan fingerprint density at radius 3 is 2.25 bits per heavy atom. The van der Waals surface area contributed by atoms with E-state index in [1.165, 1.54) is 0 Å². The first-order valence-corrected chi connectivity index (χ1v) is 10.6. The smallest absolute Gasteiger partial charge is 0.256 e. The normalized spacial score (nSPS) is 10.8. The van der Waals surface area contributed by atoms with Crippen molar-refractivity contribution in [2.45, 2.75) is 20.8 Å². The quantitative estimate of drug-likeness (QED) is 0.438. The van der Waals surface area contributed by atoms with E-state index >= 15 is 0 Å². The number of amides is 1. The number of rotatable bonds is 4. The minimum atomic E-state index is -0.330. The van der Waals surface area contributed by atoms with Gasteiger partial charge in [-0.15, -0.1) is 0 Å². The molecule has 1 aromatic heterocycles. The highest BCUT2D eigenvalue weighted by atomic mass is 35.5. The lowest BCUT2D eigenvalue weighted by atomic mass is 10.0. The number of nitrogens with one attached hydrogen (secondary N) is 1. The van der Waals surface area contributed by atoms with Crippen molar-refractivity contribution in [2.24, 2.45) is 0 Å². The fraction of sp³-hybridized carbons (Fsp3) is 0.115. The molecule has 4 aromatic rings. The van der Waals surface area contributed by atoms with Crippen molar-refractivity contribution < 1.29 is 4.79 Å². The molecule has 6 heteroatoms. The topological polar surface area (TPSA) is 64.0 Å². The van der Waals surface area contributed by atoms with Gasteiger partial charge in [0.15, 0.2) is 0 Å². The summed E-state index contributed by atoms with van der Waals surface area (Å²) < 4.78 is 1.62. The van der Waals surface area contributed by atoms with Gasteiger partial charge in [-0.25, -0.2) is 4.68 Å². The number of carbonyl (C=O) groups excluding carboxylic acids is 1. The van der Waals surface area contributed by atoms with Crippen LogP contribution in [0.3, 0.4) is 0 Å². The zero-order valence-electron chi connectivity index (χ0n) is 18.0. The van der Waals surface area contributed by atoms with Crippen LogP contribution in [0.1, 0.15) is 27.2 Å². The summed E-state index contributed by atoms with van der Waals surface area (Å²) in [6.45, 7) is 5.71. The lowest BCUT2D eigenvalue weighted by molar-refractivity contribution is 0.102. The minimum absolute atomic E-state index is 0.254. The van der Waals surface area contributed by atoms with E-state index in [-0.39, 0.29) is 11.3 Å². The first-order valence-electron chi connectivity index (χ1n) is 10.2. The Labute approximate surface area is 191 Å². The Balaban J connectivity index is 1.98. The molecule has 160 valence electrons. The van der Waals surface area contributed by atoms with Crippen molar-refractivity contribution in [1.82, 2.24) is 9.78 Å². The Bertz CT molecular complexity index is 1360. The summed E-state index contributed by atoms with van der Waals surface area (Å²) in [6, 6.07) is 21.7. The molecule has 0 radical (unpaired) electrons. The molecule has 0 atom stereocenters. The average Bonchev–Trinajstić information content (AvgIpc) is 2.79. The van der Waals surface area contributed by atoms with Crippen molar-refractivity contribution in [3.05, 3.63) is 110 Å². The van der Waals surface area contributed by atoms with Gasteiger partial charge < -0.3 is 5.32 Å². The fourth-order valence-electron chi connectivity index (χ4n) is 3.45. The molecule has 1 N–H and O–H groups in total. The summed E-state index contributed by atoms with van der Waals surface area (Å²) in [5, 5.41) is 8.02. The molecule has 0 saturated carbocycles. The molecule has 1 heterocycles. The molecule has 0 bridgehead atoms. The lowest BCUT2D eigenvalue weighted by Crippen LogP contribution is -2.25. The molecule has 4 rings (SSSR count). The number of nitrogens with zero attached hydrogens (tertiary/aromatic N) is 2. The number of anilines is 1. The van der Waals surface area contributed by atoms with E-state index in [0.29, 0.717) is 33.2 Å². The maximum Gasteiger partial charge on any atom is 0.256 e. The molecular formula is C26H22ClN3O2. The number of halogens is 1. The molecule has 0 fully saturated rings. The maximum absolute atomic E-state index is 13.2. The molecule has 32 heavy (non-hydrogen) atoms. The molecule has 0 aliphatic carbocycles. The largest absolute Gasteiger partial charge is 0.306 e. The maximum atomic E-state index is 13.2. The summed E-state index contributed by atoms with van der Waals surface area (Å²) in [6.07, 6.45) is 0. The van der Waals surface area contributed by atoms with E-state index in [1.807, 2.05) is 38.1 Å². The van der Waals surface area contributed by atoms with E-state index in [1.54, 1.807) is 60.1 Å². The van der Waals surface area contributed by atoms with Crippen molar-refractivity contribution in [3.63, 3.8) is 0 Å². The van der Waals surface area contributed by atoms with Gasteiger partial charge in [0.05, 0.1) is 11.3 Å². The molecular weight excluding hydrogens is 422 g/mol. The molecule has 1 amide bonds. The summed E-state index contributed by atoms with van der Waals surface area (Å²) in [5.74, 6) is -0.0246. The van der Waals surface area contributed by atoms with E-state index in [4.69, 9.17) is 11.6 Å². The van der Waals surface area contributed by atoms with E-state index in [0.717, 1.165) is 16.8 Å². The fourth-order valence-corrected chi connectivity index (χ4v) is 3.58. The second kappa shape index (κ2) is 8.81. The number of carbonyl (C=O) groups is 1. The van der Waals surface area contributed by atoms with Gasteiger partial charge in [-0.2, -0.15) is 5.10 Å². The van der Waals surface area contributed by atoms with Gasteiger partial charge in [-0.3, -0.25) is 9.59 Å². The van der Waals surface area contributed by atoms with E-state index in [9.17, 15) is 9.59 Å². The monoisotopic (exact) mass is 443 g/mol. The van der Waals surface area contributed by atoms with E-state index in [2.05, 4.69) is 10.4 Å². The second-order valence-electron chi connectivity index (χ2n) is 7.65. The van der Waals surface area contributed by atoms with Crippen molar-refractivity contribution >= 4 is 23.3 Å². The van der Waals surface area contributed by atoms with Gasteiger partial charge >= 0.3 is 0 Å². The summed E-state index contributed by atoms with van der Waals surface area (Å²) in [7, 11) is 0. The highest BCUT2D eigenvalue weighted by Crippen LogP contribution is 2.29. The number of aromatic nitrogens is 2. The zero-order chi connectivity index (χ0) is 22.8. The Hall–Kier alpha value is -3.70. The Morgan fingerprint density at radius 1 is 0.906 bits per heavy atom. The van der Waals surface area contributed by atoms with Crippen LogP contribution in [0.5, 0.6) is 0 Å². The van der Waals surface area contributed by atoms with Gasteiger partial charge in [0.25, 0.3) is 5.91 Å². The molecule has 0 spiro atoms. The Kier molecular flexibility index (Phi) is 5.93. The van der Waals surface area contributed by atoms with Crippen molar-refractivity contribution in [3.8, 4) is 16.8 Å². The standard InChI is InChI=1S/C26H22ClN3O2/c1-16-9-14-22(15-17(16)2)30-25(28-26(32)20-7-5-4-6-8-20)23(24(31)18(3)29-30)19-10-12-21(27)13-11-19/h4-15H,1-3H3,(H,28,32). The van der Waals surface area contributed by atoms with Crippen LogP contribution in [0.25, 0.3) is 16.8 Å². The summed E-state index contributed by atoms with van der Waals surface area (Å²) in [5.41, 5.74) is 4.52. The van der Waals surface area contributed by atoms with Crippen LogP contribution in [0.2, 0.25) is 5.02 Å². The molecule has 0 aliphatic heterocycles. The van der Waals surface area contributed by atoms with Gasteiger partial charge in [0, 0.05) is 10.6 Å². The third-order valence-corrected chi connectivity index (χ3v) is 5.64. The molecule has 5 nitrogen and oxygen atoms in total. The minimum Gasteiger partial charge on any atom is -0.306 e. The third kappa shape index (κ3) is 4.20. The van der Waals surface area contributed by atoms with Gasteiger partial charge in [0.1, 0.15) is 11.5 Å². The van der Waals surface area contributed by atoms with Crippen LogP contribution in [-0.4, -0.2) is 15.7 Å². The van der Waals surface area contributed by atoms with Gasteiger partial charge in [-0.05, 0) is 73.9 Å². The number of hydrogen-bond donors (Lipinski definition) is 1. The van der Waals surface area contributed by atoms with Crippen LogP contribution >= 0.6 is 11.6 Å². The second-order valence-corrected chi connectivity index (χ2v) is 8.08. The van der Waals surface area contributed by atoms with Crippen LogP contribution in [-0.2, 0) is 0 Å². The SMILES string of the molecule is Cc1ccc(-n2nc(C)c(=O)c(-c3ccc(Cl)cc3)c2NC(=O)c2ccccc2)cc1C. The summed E-state index contributed by atoms with van der Waals surface area (Å²) >= 11 is 6.07. The molecule has 3 aromatic carbocycles. The van der Waals surface area contributed by atoms with Crippen molar-refractivity contribution in [2.75, 3.05) is 5.32 Å². The predicted molar refractivity (Wildman–Crippen MR) is 129 cm³/mol. The van der Waals surface area contributed by atoms with Crippen LogP contribution < -0.4 is 10.7 Å². The van der Waals surface area contributed by atoms with Crippen molar-refractivity contribution in [1.29, 1.82) is 0 Å². The van der Waals surface area contributed by atoms with E-state index < -0.39 is 0 Å². The first kappa shape index (κ1) is 21.5. The number of aryl methyl sites for hydroxylation is 3. The first-order chi connectivity index (χ1) is 15.3. The lowest BCUT2D eigenvalue weighted by Gasteiger charge is -2.19. The third-order valence-electron chi connectivity index (χ3n) is 5.39. The van der Waals surface area contributed by atoms with Crippen LogP contribution in [0.4, 0.5) is 5.82 Å². The molecule has 0 aliphatic rings. The number of benzene rings is 3. The zero-order valence-corrected chi connectivity index (χ0v) is 18.8. The van der Waals surface area contributed by atoms with Crippen LogP contribution in [0, 0.1) is 20.8 Å². The average molecular weight is 444 g/mol. The number of hydrogen-bond acceptors (Lipinski definition) is 3. The van der Waals surface area contributed by atoms with Crippen LogP contribution in [0.15, 0.2) is 77.6 Å². The summed E-state index contributed by atoms with van der Waals surface area (Å²) in [4.78, 5) is 26.3. The van der Waals surface area contributed by atoms with Gasteiger partial charge in [0.2, 0.25) is 5.43 Å². The molecule has 0 saturated heterocycles. The highest BCUT2D eigenvalue weighted by Gasteiger charge is 2.21. The van der Waals surface area contributed by atoms with Gasteiger partial charge in [-0.1, -0.05) is 48.0 Å². The Morgan fingerprint density at radius 2 is 1.59 bits per heavy atom.